The maximum atomic E-state index is 12.3. The van der Waals surface area contributed by atoms with Gasteiger partial charge in [0.1, 0.15) is 0 Å². The van der Waals surface area contributed by atoms with Crippen LogP contribution in [0.15, 0.2) is 0 Å². The van der Waals surface area contributed by atoms with E-state index in [1.165, 1.54) is 32.1 Å². The summed E-state index contributed by atoms with van der Waals surface area (Å²) in [6, 6.07) is 0.467. The smallest absolute Gasteiger partial charge is 0.246 e. The minimum absolute atomic E-state index is 0.0511. The van der Waals surface area contributed by atoms with Gasteiger partial charge in [-0.25, -0.2) is 0 Å². The van der Waals surface area contributed by atoms with Gasteiger partial charge in [-0.3, -0.25) is 14.9 Å². The van der Waals surface area contributed by atoms with Crippen molar-refractivity contribution in [2.75, 3.05) is 0 Å². The van der Waals surface area contributed by atoms with Crippen LogP contribution in [0.5, 0.6) is 0 Å². The SMILES string of the molecule is O=C1NC(=O)C2(NC3CCCCC3)CCC1CC2. The molecular formula is C14H22N2O2. The summed E-state index contributed by atoms with van der Waals surface area (Å²) in [5.41, 5.74) is -0.454. The van der Waals surface area contributed by atoms with E-state index in [0.717, 1.165) is 25.7 Å². The molecule has 0 aromatic carbocycles. The zero-order valence-corrected chi connectivity index (χ0v) is 10.8. The van der Waals surface area contributed by atoms with Crippen molar-refractivity contribution in [2.24, 2.45) is 5.92 Å². The number of fused-ring (bicyclic) bond motifs is 4. The number of carbonyl (C=O) groups excluding carboxylic acids is 2. The van der Waals surface area contributed by atoms with Gasteiger partial charge in [-0.15, -0.1) is 0 Å². The van der Waals surface area contributed by atoms with Gasteiger partial charge in [0.15, 0.2) is 0 Å². The fraction of sp³-hybridized carbons (Fsp3) is 0.857. The van der Waals surface area contributed by atoms with E-state index in [0.29, 0.717) is 6.04 Å². The minimum atomic E-state index is -0.454. The van der Waals surface area contributed by atoms with Crippen molar-refractivity contribution in [3.8, 4) is 0 Å². The summed E-state index contributed by atoms with van der Waals surface area (Å²) in [6.07, 6.45) is 9.55. The van der Waals surface area contributed by atoms with E-state index < -0.39 is 5.54 Å². The largest absolute Gasteiger partial charge is 0.301 e. The summed E-state index contributed by atoms with van der Waals surface area (Å²) in [6.45, 7) is 0. The van der Waals surface area contributed by atoms with Crippen molar-refractivity contribution in [1.29, 1.82) is 0 Å². The van der Waals surface area contributed by atoms with Crippen molar-refractivity contribution < 1.29 is 9.59 Å². The molecular weight excluding hydrogens is 228 g/mol. The lowest BCUT2D eigenvalue weighted by molar-refractivity contribution is -0.133. The van der Waals surface area contributed by atoms with Crippen LogP contribution in [-0.2, 0) is 9.59 Å². The topological polar surface area (TPSA) is 58.2 Å². The number of hydrogen-bond acceptors (Lipinski definition) is 3. The molecule has 2 saturated carbocycles. The molecule has 4 aliphatic rings. The van der Waals surface area contributed by atoms with Crippen LogP contribution in [0.4, 0.5) is 0 Å². The highest BCUT2D eigenvalue weighted by molar-refractivity contribution is 6.02. The standard InChI is InChI=1S/C14H22N2O2/c17-12-10-6-8-14(9-7-10,13(18)15-12)16-11-4-2-1-3-5-11/h10-11,16H,1-9H2,(H,15,17,18). The lowest BCUT2D eigenvalue weighted by atomic mass is 9.76. The molecule has 0 unspecified atom stereocenters. The molecule has 2 N–H and O–H groups in total. The van der Waals surface area contributed by atoms with Crippen LogP contribution in [0.2, 0.25) is 0 Å². The van der Waals surface area contributed by atoms with E-state index in [9.17, 15) is 9.59 Å². The average molecular weight is 250 g/mol. The zero-order valence-electron chi connectivity index (χ0n) is 10.8. The van der Waals surface area contributed by atoms with Crippen molar-refractivity contribution in [3.05, 3.63) is 0 Å². The van der Waals surface area contributed by atoms with Gasteiger partial charge in [0.25, 0.3) is 0 Å². The molecule has 0 radical (unpaired) electrons. The Hall–Kier alpha value is -0.900. The number of imide groups is 1. The first-order valence-electron chi connectivity index (χ1n) is 7.33. The van der Waals surface area contributed by atoms with Crippen LogP contribution in [0.3, 0.4) is 0 Å². The molecule has 2 bridgehead atoms. The quantitative estimate of drug-likeness (QED) is 0.730. The van der Waals surface area contributed by atoms with Gasteiger partial charge in [0, 0.05) is 12.0 Å². The Labute approximate surface area is 108 Å². The molecule has 4 nitrogen and oxygen atoms in total. The van der Waals surface area contributed by atoms with Crippen LogP contribution in [0, 0.1) is 5.92 Å². The third-order valence-electron chi connectivity index (χ3n) is 4.97. The van der Waals surface area contributed by atoms with Crippen molar-refractivity contribution >= 4 is 11.8 Å². The Bertz CT molecular complexity index is 353. The number of hydrogen-bond donors (Lipinski definition) is 2. The molecule has 4 heteroatoms. The van der Waals surface area contributed by atoms with Crippen molar-refractivity contribution in [2.45, 2.75) is 69.4 Å². The summed E-state index contributed by atoms with van der Waals surface area (Å²) in [5.74, 6) is -0.0550. The zero-order chi connectivity index (χ0) is 12.6. The molecule has 18 heavy (non-hydrogen) atoms. The summed E-state index contributed by atoms with van der Waals surface area (Å²) in [5, 5.41) is 6.20. The van der Waals surface area contributed by atoms with Crippen LogP contribution in [0.1, 0.15) is 57.8 Å². The second-order valence-electron chi connectivity index (χ2n) is 6.15. The van der Waals surface area contributed by atoms with Gasteiger partial charge in [0.2, 0.25) is 11.8 Å². The number of amides is 2. The maximum Gasteiger partial charge on any atom is 0.246 e. The second kappa shape index (κ2) is 4.65. The molecule has 2 amide bonds. The predicted octanol–water partition coefficient (Wildman–Crippen LogP) is 1.49. The highest BCUT2D eigenvalue weighted by atomic mass is 16.2. The predicted molar refractivity (Wildman–Crippen MR) is 67.8 cm³/mol. The van der Waals surface area contributed by atoms with E-state index in [1.807, 2.05) is 0 Å². The highest BCUT2D eigenvalue weighted by Gasteiger charge is 2.48. The Morgan fingerprint density at radius 2 is 1.67 bits per heavy atom. The van der Waals surface area contributed by atoms with Gasteiger partial charge in [-0.1, -0.05) is 19.3 Å². The van der Waals surface area contributed by atoms with Gasteiger partial charge >= 0.3 is 0 Å². The van der Waals surface area contributed by atoms with E-state index in [1.54, 1.807) is 0 Å². The number of nitrogens with one attached hydrogen (secondary N) is 2. The molecule has 2 heterocycles. The highest BCUT2D eigenvalue weighted by Crippen LogP contribution is 2.36. The molecule has 0 aromatic heterocycles. The first-order valence-corrected chi connectivity index (χ1v) is 7.33. The average Bonchev–Trinajstić information content (AvgIpc) is 2.57. The summed E-state index contributed by atoms with van der Waals surface area (Å²) in [4.78, 5) is 24.0. The number of rotatable bonds is 2. The molecule has 2 aliphatic carbocycles. The lowest BCUT2D eigenvalue weighted by Crippen LogP contribution is -2.59. The monoisotopic (exact) mass is 250 g/mol. The van der Waals surface area contributed by atoms with Gasteiger partial charge in [-0.05, 0) is 38.5 Å². The third-order valence-corrected chi connectivity index (χ3v) is 4.97. The molecule has 2 aliphatic heterocycles. The van der Waals surface area contributed by atoms with E-state index in [4.69, 9.17) is 0 Å². The van der Waals surface area contributed by atoms with Crippen LogP contribution >= 0.6 is 0 Å². The molecule has 4 fully saturated rings. The summed E-state index contributed by atoms with van der Waals surface area (Å²) >= 11 is 0. The van der Waals surface area contributed by atoms with Crippen LogP contribution in [0.25, 0.3) is 0 Å². The van der Waals surface area contributed by atoms with Gasteiger partial charge in [-0.2, -0.15) is 0 Å². The summed E-state index contributed by atoms with van der Waals surface area (Å²) in [7, 11) is 0. The fourth-order valence-corrected chi connectivity index (χ4v) is 3.78. The fourth-order valence-electron chi connectivity index (χ4n) is 3.78. The molecule has 0 aromatic rings. The Morgan fingerprint density at radius 1 is 1.00 bits per heavy atom. The summed E-state index contributed by atoms with van der Waals surface area (Å²) < 4.78 is 0. The van der Waals surface area contributed by atoms with E-state index in [2.05, 4.69) is 10.6 Å². The van der Waals surface area contributed by atoms with Gasteiger partial charge < -0.3 is 5.32 Å². The van der Waals surface area contributed by atoms with E-state index in [-0.39, 0.29) is 17.7 Å². The minimum Gasteiger partial charge on any atom is -0.301 e. The maximum absolute atomic E-state index is 12.3. The first kappa shape index (κ1) is 12.2. The van der Waals surface area contributed by atoms with Crippen molar-refractivity contribution in [1.82, 2.24) is 10.6 Å². The Morgan fingerprint density at radius 3 is 2.33 bits per heavy atom. The Kier molecular flexibility index (Phi) is 3.14. The molecule has 4 rings (SSSR count). The number of carbonyl (C=O) groups is 2. The Balaban J connectivity index is 1.75. The van der Waals surface area contributed by atoms with Crippen LogP contribution in [-0.4, -0.2) is 23.4 Å². The third kappa shape index (κ3) is 2.07. The molecule has 100 valence electrons. The molecule has 2 saturated heterocycles. The lowest BCUT2D eigenvalue weighted by Gasteiger charge is -2.39. The van der Waals surface area contributed by atoms with Crippen molar-refractivity contribution in [3.63, 3.8) is 0 Å². The normalized spacial score (nSPS) is 37.4. The van der Waals surface area contributed by atoms with E-state index >= 15 is 0 Å². The second-order valence-corrected chi connectivity index (χ2v) is 6.15. The first-order chi connectivity index (χ1) is 8.70. The molecule has 0 atom stereocenters. The van der Waals surface area contributed by atoms with Crippen LogP contribution < -0.4 is 10.6 Å². The van der Waals surface area contributed by atoms with Gasteiger partial charge in [0.05, 0.1) is 5.54 Å². The molecule has 0 spiro atoms.